The maximum absolute atomic E-state index is 5.96. The maximum atomic E-state index is 5.96. The summed E-state index contributed by atoms with van der Waals surface area (Å²) in [6.07, 6.45) is 2.92. The number of rotatable bonds is 6. The minimum Gasteiger partial charge on any atom is -0.126 e. The first kappa shape index (κ1) is 16.2. The van der Waals surface area contributed by atoms with Gasteiger partial charge in [0.1, 0.15) is 0 Å². The molecule has 0 aromatic rings. The highest BCUT2D eigenvalue weighted by atomic mass is 35.8. The number of unbranched alkanes of at least 4 members (excludes halogenated alkanes) is 1. The van der Waals surface area contributed by atoms with Crippen molar-refractivity contribution >= 4 is 78.5 Å². The first-order chi connectivity index (χ1) is 6.17. The van der Waals surface area contributed by atoms with Crippen molar-refractivity contribution in [2.45, 2.75) is 37.8 Å². The van der Waals surface area contributed by atoms with Gasteiger partial charge in [0.05, 0.1) is 0 Å². The smallest absolute Gasteiger partial charge is 0.126 e. The molecule has 0 aromatic carbocycles. The molecule has 0 nitrogen and oxygen atoms in total. The van der Waals surface area contributed by atoms with Crippen LogP contribution >= 0.6 is 66.5 Å². The monoisotopic (exact) mass is 350 g/mol. The summed E-state index contributed by atoms with van der Waals surface area (Å²) in [6.45, 7) is 2.09. The molecular formula is C6H12Cl6Si2. The molecule has 1 atom stereocenters. The summed E-state index contributed by atoms with van der Waals surface area (Å²) in [7, 11) is 0. The van der Waals surface area contributed by atoms with E-state index in [-0.39, 0.29) is 5.54 Å². The van der Waals surface area contributed by atoms with Gasteiger partial charge < -0.3 is 0 Å². The molecule has 0 saturated heterocycles. The predicted molar refractivity (Wildman–Crippen MR) is 74.7 cm³/mol. The highest BCUT2D eigenvalue weighted by Crippen LogP contribution is 2.45. The molecule has 0 saturated carbocycles. The first-order valence-electron chi connectivity index (χ1n) is 4.30. The quantitative estimate of drug-likeness (QED) is 0.415. The number of hydrogen-bond donors (Lipinski definition) is 0. The lowest BCUT2D eigenvalue weighted by molar-refractivity contribution is 0.694. The maximum Gasteiger partial charge on any atom is 0.344 e. The van der Waals surface area contributed by atoms with Crippen LogP contribution in [0.2, 0.25) is 11.6 Å². The minimum atomic E-state index is -2.74. The molecule has 0 N–H and O–H groups in total. The number of hydrogen-bond acceptors (Lipinski definition) is 0. The summed E-state index contributed by atoms with van der Waals surface area (Å²) in [4.78, 5) is 0. The van der Waals surface area contributed by atoms with E-state index in [0.717, 1.165) is 19.3 Å². The van der Waals surface area contributed by atoms with Gasteiger partial charge in [0.2, 0.25) is 0 Å². The zero-order chi connectivity index (χ0) is 11.4. The first-order valence-corrected chi connectivity index (χ1v) is 14.7. The van der Waals surface area contributed by atoms with Crippen molar-refractivity contribution < 1.29 is 0 Å². The van der Waals surface area contributed by atoms with Crippen molar-refractivity contribution in [2.75, 3.05) is 0 Å². The third-order valence-corrected chi connectivity index (χ3v) is 8.80. The number of halogens is 6. The lowest BCUT2D eigenvalue weighted by Crippen LogP contribution is -2.25. The van der Waals surface area contributed by atoms with E-state index >= 15 is 0 Å². The predicted octanol–water partition coefficient (Wildman–Crippen LogP) is 5.86. The summed E-state index contributed by atoms with van der Waals surface area (Å²) >= 11 is 35.4. The van der Waals surface area contributed by atoms with Crippen LogP contribution in [0.1, 0.15) is 26.2 Å². The SMILES string of the molecule is CCCCC(C[Si](Cl)(Cl)Cl)[Si](Cl)(Cl)Cl. The van der Waals surface area contributed by atoms with Gasteiger partial charge >= 0.3 is 12.0 Å². The Morgan fingerprint density at radius 3 is 1.79 bits per heavy atom. The van der Waals surface area contributed by atoms with Crippen molar-refractivity contribution in [3.05, 3.63) is 0 Å². The molecule has 8 heteroatoms. The largest absolute Gasteiger partial charge is 0.344 e. The zero-order valence-electron chi connectivity index (χ0n) is 7.67. The molecule has 0 aliphatic heterocycles. The molecule has 0 aliphatic carbocycles. The van der Waals surface area contributed by atoms with Crippen LogP contribution in [-0.2, 0) is 0 Å². The summed E-state index contributed by atoms with van der Waals surface area (Å²) in [6, 6.07) is -4.96. The Balaban J connectivity index is 4.26. The molecule has 1 unspecified atom stereocenters. The Bertz CT molecular complexity index is 163. The lowest BCUT2D eigenvalue weighted by atomic mass is 10.2. The van der Waals surface area contributed by atoms with E-state index in [9.17, 15) is 0 Å². The molecule has 0 fully saturated rings. The van der Waals surface area contributed by atoms with Gasteiger partial charge in [-0.25, -0.2) is 0 Å². The molecule has 0 aromatic heterocycles. The third kappa shape index (κ3) is 8.34. The van der Waals surface area contributed by atoms with E-state index in [2.05, 4.69) is 6.92 Å². The van der Waals surface area contributed by atoms with Crippen LogP contribution in [0.3, 0.4) is 0 Å². The second kappa shape index (κ2) is 6.80. The van der Waals surface area contributed by atoms with E-state index in [4.69, 9.17) is 66.5 Å². The lowest BCUT2D eigenvalue weighted by Gasteiger charge is -2.24. The summed E-state index contributed by atoms with van der Waals surface area (Å²) in [5, 5.41) is 0. The molecular weight excluding hydrogens is 341 g/mol. The molecule has 0 aliphatic rings. The average molecular weight is 353 g/mol. The van der Waals surface area contributed by atoms with Gasteiger partial charge in [0.15, 0.2) is 0 Å². The van der Waals surface area contributed by atoms with Crippen LogP contribution in [0.25, 0.3) is 0 Å². The van der Waals surface area contributed by atoms with E-state index in [0.29, 0.717) is 6.04 Å². The normalized spacial score (nSPS) is 15.6. The summed E-state index contributed by atoms with van der Waals surface area (Å²) < 4.78 is 0. The van der Waals surface area contributed by atoms with Crippen LogP contribution in [0.5, 0.6) is 0 Å². The fraction of sp³-hybridized carbons (Fsp3) is 1.00. The Kier molecular flexibility index (Phi) is 7.86. The van der Waals surface area contributed by atoms with Gasteiger partial charge in [-0.1, -0.05) is 19.8 Å². The van der Waals surface area contributed by atoms with E-state index in [1.54, 1.807) is 0 Å². The minimum absolute atomic E-state index is 0.0217. The fourth-order valence-electron chi connectivity index (χ4n) is 1.11. The summed E-state index contributed by atoms with van der Waals surface area (Å²) in [5.74, 6) is 0. The van der Waals surface area contributed by atoms with Crippen LogP contribution in [0.4, 0.5) is 0 Å². The van der Waals surface area contributed by atoms with Gasteiger partial charge in [-0.2, -0.15) is 0 Å². The van der Waals surface area contributed by atoms with Crippen molar-refractivity contribution in [2.24, 2.45) is 0 Å². The van der Waals surface area contributed by atoms with Crippen molar-refractivity contribution in [3.63, 3.8) is 0 Å². The Hall–Kier alpha value is 2.17. The molecule has 0 spiro atoms. The topological polar surface area (TPSA) is 0 Å². The molecule has 0 radical (unpaired) electrons. The molecule has 0 rings (SSSR count). The molecule has 0 heterocycles. The van der Waals surface area contributed by atoms with Gasteiger partial charge in [-0.05, 0) is 18.0 Å². The Labute approximate surface area is 115 Å². The molecule has 0 amide bonds. The highest BCUT2D eigenvalue weighted by molar-refractivity contribution is 7.67. The van der Waals surface area contributed by atoms with Gasteiger partial charge in [0, 0.05) is 0 Å². The molecule has 0 bridgehead atoms. The van der Waals surface area contributed by atoms with Crippen LogP contribution in [-0.4, -0.2) is 12.0 Å². The van der Waals surface area contributed by atoms with Crippen LogP contribution < -0.4 is 0 Å². The second-order valence-corrected chi connectivity index (χ2v) is 21.4. The van der Waals surface area contributed by atoms with E-state index in [1.807, 2.05) is 0 Å². The highest BCUT2D eigenvalue weighted by Gasteiger charge is 2.42. The molecule has 86 valence electrons. The zero-order valence-corrected chi connectivity index (χ0v) is 14.2. The second-order valence-electron chi connectivity index (χ2n) is 3.20. The molecule has 14 heavy (non-hydrogen) atoms. The summed E-state index contributed by atoms with van der Waals surface area (Å²) in [5.41, 5.74) is -0.0217. The van der Waals surface area contributed by atoms with Gasteiger partial charge in [0.25, 0.3) is 0 Å². The Morgan fingerprint density at radius 1 is 1.00 bits per heavy atom. The van der Waals surface area contributed by atoms with Crippen LogP contribution in [0.15, 0.2) is 0 Å². The standard InChI is InChI=1S/C6H12Cl6Si2/c1-2-3-4-6(14(10,11)12)5-13(7,8)9/h6H,2-5H2,1H3. The van der Waals surface area contributed by atoms with Crippen LogP contribution in [0, 0.1) is 0 Å². The van der Waals surface area contributed by atoms with Gasteiger partial charge in [-0.3, -0.25) is 0 Å². The Morgan fingerprint density at radius 2 is 1.50 bits per heavy atom. The van der Waals surface area contributed by atoms with E-state index < -0.39 is 12.0 Å². The average Bonchev–Trinajstić information content (AvgIpc) is 1.93. The third-order valence-electron chi connectivity index (χ3n) is 1.85. The van der Waals surface area contributed by atoms with Gasteiger partial charge in [-0.15, -0.1) is 66.5 Å². The van der Waals surface area contributed by atoms with Crippen molar-refractivity contribution in [1.82, 2.24) is 0 Å². The van der Waals surface area contributed by atoms with E-state index in [1.165, 1.54) is 0 Å². The van der Waals surface area contributed by atoms with Crippen molar-refractivity contribution in [3.8, 4) is 0 Å². The van der Waals surface area contributed by atoms with Crippen molar-refractivity contribution in [1.29, 1.82) is 0 Å². The fourth-order valence-corrected chi connectivity index (χ4v) is 10.2.